The molecule has 1 saturated heterocycles. The quantitative estimate of drug-likeness (QED) is 0.734. The fraction of sp³-hybridized carbons (Fsp3) is 0.353. The van der Waals surface area contributed by atoms with Crippen LogP contribution in [0.3, 0.4) is 0 Å². The number of fused-ring (bicyclic) bond motifs is 1. The third-order valence-corrected chi connectivity index (χ3v) is 5.11. The number of nitrogens with zero attached hydrogens (tertiary/aromatic N) is 3. The lowest BCUT2D eigenvalue weighted by atomic mass is 10.1. The van der Waals surface area contributed by atoms with E-state index in [1.54, 1.807) is 18.5 Å². The maximum atomic E-state index is 12.3. The molecule has 2 aliphatic rings. The van der Waals surface area contributed by atoms with Gasteiger partial charge in [0.15, 0.2) is 0 Å². The molecule has 2 aromatic rings. The van der Waals surface area contributed by atoms with Gasteiger partial charge in [0.1, 0.15) is 11.4 Å². The number of nitrogens with two attached hydrogens (primary N) is 1. The number of carbonyl (C=O) groups is 1. The second-order valence-electron chi connectivity index (χ2n) is 6.47. The van der Waals surface area contributed by atoms with Gasteiger partial charge in [-0.15, -0.1) is 0 Å². The molecule has 7 nitrogen and oxygen atoms in total. The molecule has 4 heterocycles. The number of aromatic nitrogens is 2. The van der Waals surface area contributed by atoms with Gasteiger partial charge in [-0.2, -0.15) is 0 Å². The van der Waals surface area contributed by atoms with Gasteiger partial charge in [-0.1, -0.05) is 0 Å². The lowest BCUT2D eigenvalue weighted by molar-refractivity contribution is -0.110. The summed E-state index contributed by atoms with van der Waals surface area (Å²) >= 11 is 3.61. The summed E-state index contributed by atoms with van der Waals surface area (Å²) in [6.07, 6.45) is 7.39. The van der Waals surface area contributed by atoms with Crippen LogP contribution in [0.1, 0.15) is 19.8 Å². The maximum absolute atomic E-state index is 12.3. The Bertz CT molecular complexity index is 915. The minimum Gasteiger partial charge on any atom is -0.368 e. The monoisotopic (exact) mass is 402 g/mol. The average molecular weight is 403 g/mol. The van der Waals surface area contributed by atoms with E-state index in [1.807, 2.05) is 6.92 Å². The summed E-state index contributed by atoms with van der Waals surface area (Å²) in [7, 11) is 0. The van der Waals surface area contributed by atoms with Crippen molar-refractivity contribution in [1.82, 2.24) is 9.97 Å². The summed E-state index contributed by atoms with van der Waals surface area (Å²) in [6, 6.07) is 0.151. The highest BCUT2D eigenvalue weighted by Gasteiger charge is 2.24. The number of rotatable bonds is 3. The number of carbonyl (C=O) groups excluding carboxylic acids is 1. The molecule has 0 saturated carbocycles. The van der Waals surface area contributed by atoms with E-state index in [0.29, 0.717) is 11.4 Å². The van der Waals surface area contributed by atoms with Gasteiger partial charge < -0.3 is 20.9 Å². The van der Waals surface area contributed by atoms with Gasteiger partial charge in [-0.25, -0.2) is 9.98 Å². The molecule has 1 amide bonds. The average Bonchev–Trinajstić information content (AvgIpc) is 2.94. The molecule has 2 aliphatic heterocycles. The van der Waals surface area contributed by atoms with Crippen LogP contribution in [0, 0.1) is 0 Å². The molecule has 130 valence electrons. The zero-order valence-electron chi connectivity index (χ0n) is 13.8. The van der Waals surface area contributed by atoms with Crippen LogP contribution in [-0.2, 0) is 4.79 Å². The van der Waals surface area contributed by atoms with Gasteiger partial charge in [0.2, 0.25) is 0 Å². The minimum absolute atomic E-state index is 0.151. The van der Waals surface area contributed by atoms with E-state index in [2.05, 4.69) is 41.1 Å². The maximum Gasteiger partial charge on any atom is 0.274 e. The van der Waals surface area contributed by atoms with Crippen molar-refractivity contribution < 1.29 is 4.79 Å². The van der Waals surface area contributed by atoms with Crippen LogP contribution in [-0.4, -0.2) is 40.7 Å². The molecular weight excluding hydrogens is 384 g/mol. The lowest BCUT2D eigenvalue weighted by Crippen LogP contribution is -2.43. The Morgan fingerprint density at radius 1 is 1.52 bits per heavy atom. The molecule has 4 rings (SSSR count). The van der Waals surface area contributed by atoms with E-state index < -0.39 is 0 Å². The SMILES string of the molecule is CC1=CC(C(=O)Nc2c[nH]c3ncc(Br)c(N4CCC[C@@H](N)C4)c23)=N1. The Labute approximate surface area is 153 Å². The molecule has 2 aromatic heterocycles. The Morgan fingerprint density at radius 2 is 2.32 bits per heavy atom. The summed E-state index contributed by atoms with van der Waals surface area (Å²) in [5.41, 5.74) is 9.90. The number of hydrogen-bond acceptors (Lipinski definition) is 5. The van der Waals surface area contributed by atoms with Crippen LogP contribution < -0.4 is 16.0 Å². The number of H-pyrrole nitrogens is 1. The number of amides is 1. The van der Waals surface area contributed by atoms with Crippen molar-refractivity contribution in [3.63, 3.8) is 0 Å². The summed E-state index contributed by atoms with van der Waals surface area (Å²) in [5, 5.41) is 3.83. The van der Waals surface area contributed by atoms with Gasteiger partial charge in [0.05, 0.1) is 21.2 Å². The Balaban J connectivity index is 1.72. The number of nitrogens with one attached hydrogen (secondary N) is 2. The Morgan fingerprint density at radius 3 is 3.04 bits per heavy atom. The van der Waals surface area contributed by atoms with Crippen molar-refractivity contribution in [2.45, 2.75) is 25.8 Å². The molecule has 0 radical (unpaired) electrons. The van der Waals surface area contributed by atoms with Crippen molar-refractivity contribution in [3.8, 4) is 0 Å². The zero-order valence-corrected chi connectivity index (χ0v) is 15.4. The van der Waals surface area contributed by atoms with E-state index in [4.69, 9.17) is 5.73 Å². The Kier molecular flexibility index (Phi) is 4.09. The van der Waals surface area contributed by atoms with E-state index >= 15 is 0 Å². The Hall–Kier alpha value is -2.19. The highest BCUT2D eigenvalue weighted by molar-refractivity contribution is 9.10. The number of aliphatic imine (C=N–C) groups is 1. The molecule has 0 bridgehead atoms. The van der Waals surface area contributed by atoms with E-state index in [-0.39, 0.29) is 11.9 Å². The summed E-state index contributed by atoms with van der Waals surface area (Å²) in [5.74, 6) is -0.215. The standard InChI is InChI=1S/C17H19BrN6O/c1-9-5-12(22-9)17(25)23-13-7-21-16-14(13)15(11(18)6-20-16)24-4-2-3-10(19)8-24/h5-7,10H,2-4,8,19H2,1H3,(H,20,21)(H,23,25)/t10-/m1/s1. The van der Waals surface area contributed by atoms with E-state index in [9.17, 15) is 4.79 Å². The normalized spacial score (nSPS) is 20.1. The number of hydrogen-bond donors (Lipinski definition) is 3. The smallest absolute Gasteiger partial charge is 0.274 e. The van der Waals surface area contributed by atoms with E-state index in [0.717, 1.165) is 52.8 Å². The third-order valence-electron chi connectivity index (χ3n) is 4.53. The van der Waals surface area contributed by atoms with Crippen LogP contribution in [0.25, 0.3) is 11.0 Å². The predicted molar refractivity (Wildman–Crippen MR) is 103 cm³/mol. The van der Waals surface area contributed by atoms with Crippen molar-refractivity contribution in [2.24, 2.45) is 10.7 Å². The largest absolute Gasteiger partial charge is 0.368 e. The van der Waals surface area contributed by atoms with Crippen molar-refractivity contribution in [2.75, 3.05) is 23.3 Å². The molecule has 0 spiro atoms. The number of aromatic amines is 1. The number of pyridine rings is 1. The van der Waals surface area contributed by atoms with Crippen molar-refractivity contribution in [1.29, 1.82) is 0 Å². The highest BCUT2D eigenvalue weighted by atomic mass is 79.9. The number of piperidine rings is 1. The van der Waals surface area contributed by atoms with Crippen molar-refractivity contribution >= 4 is 50.0 Å². The molecule has 0 aromatic carbocycles. The first kappa shape index (κ1) is 16.3. The van der Waals surface area contributed by atoms with Gasteiger partial charge in [-0.3, -0.25) is 4.79 Å². The first-order chi connectivity index (χ1) is 12.0. The fourth-order valence-corrected chi connectivity index (χ4v) is 3.92. The van der Waals surface area contributed by atoms with Crippen LogP contribution in [0.5, 0.6) is 0 Å². The predicted octanol–water partition coefficient (Wildman–Crippen LogP) is 2.55. The van der Waals surface area contributed by atoms with Crippen LogP contribution in [0.2, 0.25) is 0 Å². The number of allylic oxidation sites excluding steroid dienone is 1. The van der Waals surface area contributed by atoms with Crippen LogP contribution >= 0.6 is 15.9 Å². The molecule has 0 unspecified atom stereocenters. The van der Waals surface area contributed by atoms with Gasteiger partial charge in [0.25, 0.3) is 5.91 Å². The molecular formula is C17H19BrN6O. The summed E-state index contributed by atoms with van der Waals surface area (Å²) in [6.45, 7) is 3.57. The van der Waals surface area contributed by atoms with Crippen molar-refractivity contribution in [3.05, 3.63) is 28.6 Å². The molecule has 1 atom stereocenters. The third kappa shape index (κ3) is 2.96. The minimum atomic E-state index is -0.215. The second-order valence-corrected chi connectivity index (χ2v) is 7.32. The topological polar surface area (TPSA) is 99.4 Å². The van der Waals surface area contributed by atoms with Gasteiger partial charge >= 0.3 is 0 Å². The first-order valence-corrected chi connectivity index (χ1v) is 9.06. The molecule has 4 N–H and O–H groups in total. The fourth-order valence-electron chi connectivity index (χ4n) is 3.37. The first-order valence-electron chi connectivity index (χ1n) is 8.27. The molecule has 25 heavy (non-hydrogen) atoms. The second kappa shape index (κ2) is 6.27. The van der Waals surface area contributed by atoms with E-state index in [1.165, 1.54) is 0 Å². The van der Waals surface area contributed by atoms with Crippen LogP contribution in [0.15, 0.2) is 33.6 Å². The lowest BCUT2D eigenvalue weighted by Gasteiger charge is -2.33. The van der Waals surface area contributed by atoms with Crippen LogP contribution in [0.4, 0.5) is 11.4 Å². The molecule has 8 heteroatoms. The van der Waals surface area contributed by atoms with Gasteiger partial charge in [0, 0.05) is 37.2 Å². The molecule has 0 aliphatic carbocycles. The van der Waals surface area contributed by atoms with Gasteiger partial charge in [-0.05, 0) is 41.8 Å². The number of anilines is 2. The zero-order chi connectivity index (χ0) is 17.6. The molecule has 1 fully saturated rings. The summed E-state index contributed by atoms with van der Waals surface area (Å²) in [4.78, 5) is 26.3. The summed E-state index contributed by atoms with van der Waals surface area (Å²) < 4.78 is 0.890. The highest BCUT2D eigenvalue weighted by Crippen LogP contribution is 2.38. The number of halogens is 1.